The first-order chi connectivity index (χ1) is 7.16. The third kappa shape index (κ3) is 1.98. The molecule has 1 aliphatic rings. The van der Waals surface area contributed by atoms with Crippen molar-refractivity contribution >= 4 is 11.3 Å². The van der Waals surface area contributed by atoms with Crippen molar-refractivity contribution < 1.29 is 0 Å². The van der Waals surface area contributed by atoms with Crippen LogP contribution >= 0.6 is 11.3 Å². The Balaban J connectivity index is 2.29. The minimum absolute atomic E-state index is 0.0219. The van der Waals surface area contributed by atoms with Crippen LogP contribution in [-0.4, -0.2) is 0 Å². The average molecular weight is 223 g/mol. The van der Waals surface area contributed by atoms with Crippen LogP contribution in [0, 0.1) is 12.8 Å². The van der Waals surface area contributed by atoms with Crippen molar-refractivity contribution in [3.63, 3.8) is 0 Å². The molecule has 2 N–H and O–H groups in total. The second-order valence-electron chi connectivity index (χ2n) is 4.80. The van der Waals surface area contributed by atoms with E-state index in [0.29, 0.717) is 5.92 Å². The zero-order valence-corrected chi connectivity index (χ0v) is 10.6. The summed E-state index contributed by atoms with van der Waals surface area (Å²) in [5.41, 5.74) is 6.64. The number of thiophene rings is 1. The van der Waals surface area contributed by atoms with E-state index in [4.69, 9.17) is 5.73 Å². The molecule has 1 aliphatic carbocycles. The van der Waals surface area contributed by atoms with E-state index in [1.54, 1.807) is 0 Å². The summed E-state index contributed by atoms with van der Waals surface area (Å²) in [5.74, 6) is 0.685. The van der Waals surface area contributed by atoms with Crippen LogP contribution in [-0.2, 0) is 5.54 Å². The van der Waals surface area contributed by atoms with Gasteiger partial charge in [0.25, 0.3) is 0 Å². The van der Waals surface area contributed by atoms with Crippen LogP contribution in [0.5, 0.6) is 0 Å². The molecule has 0 bridgehead atoms. The Kier molecular flexibility index (Phi) is 3.17. The van der Waals surface area contributed by atoms with E-state index in [2.05, 4.69) is 26.0 Å². The lowest BCUT2D eigenvalue weighted by Gasteiger charge is -2.40. The van der Waals surface area contributed by atoms with Crippen LogP contribution < -0.4 is 5.73 Å². The Morgan fingerprint density at radius 2 is 2.27 bits per heavy atom. The van der Waals surface area contributed by atoms with E-state index in [-0.39, 0.29) is 5.54 Å². The molecule has 1 nitrogen and oxygen atoms in total. The Hall–Kier alpha value is -0.340. The van der Waals surface area contributed by atoms with E-state index in [1.165, 1.54) is 41.9 Å². The van der Waals surface area contributed by atoms with Gasteiger partial charge in [-0.25, -0.2) is 0 Å². The quantitative estimate of drug-likeness (QED) is 0.810. The van der Waals surface area contributed by atoms with Gasteiger partial charge in [-0.1, -0.05) is 26.2 Å². The minimum atomic E-state index is -0.0219. The zero-order valence-electron chi connectivity index (χ0n) is 9.75. The van der Waals surface area contributed by atoms with Gasteiger partial charge in [0.1, 0.15) is 0 Å². The Labute approximate surface area is 96.7 Å². The highest BCUT2D eigenvalue weighted by atomic mass is 32.1. The largest absolute Gasteiger partial charge is 0.321 e. The number of hydrogen-bond acceptors (Lipinski definition) is 2. The number of nitrogens with two attached hydrogens (primary N) is 1. The highest BCUT2D eigenvalue weighted by Crippen LogP contribution is 2.43. The van der Waals surface area contributed by atoms with Crippen LogP contribution in [0.2, 0.25) is 0 Å². The molecule has 0 radical (unpaired) electrons. The fraction of sp³-hybridized carbons (Fsp3) is 0.692. The van der Waals surface area contributed by atoms with Crippen molar-refractivity contribution in [1.82, 2.24) is 0 Å². The van der Waals surface area contributed by atoms with Gasteiger partial charge in [0.15, 0.2) is 0 Å². The monoisotopic (exact) mass is 223 g/mol. The van der Waals surface area contributed by atoms with Gasteiger partial charge in [0.2, 0.25) is 0 Å². The van der Waals surface area contributed by atoms with E-state index in [9.17, 15) is 0 Å². The van der Waals surface area contributed by atoms with Gasteiger partial charge in [0, 0.05) is 9.75 Å². The third-order valence-electron chi connectivity index (χ3n) is 3.81. The van der Waals surface area contributed by atoms with Gasteiger partial charge in [-0.3, -0.25) is 0 Å². The van der Waals surface area contributed by atoms with E-state index in [1.807, 2.05) is 11.3 Å². The molecule has 84 valence electrons. The summed E-state index contributed by atoms with van der Waals surface area (Å²) in [7, 11) is 0. The molecule has 1 heterocycles. The maximum Gasteiger partial charge on any atom is 0.0532 e. The molecular weight excluding hydrogens is 202 g/mol. The zero-order chi connectivity index (χ0) is 10.9. The van der Waals surface area contributed by atoms with E-state index >= 15 is 0 Å². The fourth-order valence-corrected chi connectivity index (χ4v) is 3.93. The van der Waals surface area contributed by atoms with Crippen LogP contribution in [0.1, 0.15) is 48.8 Å². The smallest absolute Gasteiger partial charge is 0.0532 e. The van der Waals surface area contributed by atoms with Crippen LogP contribution in [0.3, 0.4) is 0 Å². The standard InChI is InChI=1S/C13H21NS/c1-3-11-6-4-5-9-13(11,14)12-8-7-10(2)15-12/h7-8,11H,3-6,9,14H2,1-2H3. The van der Waals surface area contributed by atoms with Crippen molar-refractivity contribution in [2.75, 3.05) is 0 Å². The summed E-state index contributed by atoms with van der Waals surface area (Å²) >= 11 is 1.89. The lowest BCUT2D eigenvalue weighted by Crippen LogP contribution is -2.45. The molecule has 1 aromatic heterocycles. The normalized spacial score (nSPS) is 31.8. The summed E-state index contributed by atoms with van der Waals surface area (Å²) < 4.78 is 0. The molecule has 2 atom stereocenters. The first-order valence-corrected chi connectivity index (χ1v) is 6.84. The third-order valence-corrected chi connectivity index (χ3v) is 5.01. The van der Waals surface area contributed by atoms with Gasteiger partial charge in [-0.05, 0) is 37.8 Å². The van der Waals surface area contributed by atoms with Gasteiger partial charge >= 0.3 is 0 Å². The summed E-state index contributed by atoms with van der Waals surface area (Å²) in [4.78, 5) is 2.79. The second-order valence-corrected chi connectivity index (χ2v) is 6.09. The van der Waals surface area contributed by atoms with Crippen LogP contribution in [0.25, 0.3) is 0 Å². The lowest BCUT2D eigenvalue weighted by molar-refractivity contribution is 0.188. The van der Waals surface area contributed by atoms with Crippen molar-refractivity contribution in [1.29, 1.82) is 0 Å². The van der Waals surface area contributed by atoms with Crippen molar-refractivity contribution in [2.45, 2.75) is 51.5 Å². The van der Waals surface area contributed by atoms with Gasteiger partial charge in [0.05, 0.1) is 5.54 Å². The number of rotatable bonds is 2. The van der Waals surface area contributed by atoms with E-state index < -0.39 is 0 Å². The Morgan fingerprint density at radius 1 is 1.47 bits per heavy atom. The summed E-state index contributed by atoms with van der Waals surface area (Å²) in [5, 5.41) is 0. The van der Waals surface area contributed by atoms with Crippen LogP contribution in [0.4, 0.5) is 0 Å². The second kappa shape index (κ2) is 4.26. The minimum Gasteiger partial charge on any atom is -0.321 e. The molecule has 2 rings (SSSR count). The fourth-order valence-electron chi connectivity index (χ4n) is 2.85. The highest BCUT2D eigenvalue weighted by molar-refractivity contribution is 7.12. The first-order valence-electron chi connectivity index (χ1n) is 6.02. The first kappa shape index (κ1) is 11.2. The molecule has 2 heteroatoms. The lowest BCUT2D eigenvalue weighted by atomic mass is 9.71. The summed E-state index contributed by atoms with van der Waals surface area (Å²) in [6, 6.07) is 4.45. The Morgan fingerprint density at radius 3 is 2.87 bits per heavy atom. The molecule has 1 aromatic rings. The average Bonchev–Trinajstić information content (AvgIpc) is 2.66. The van der Waals surface area contributed by atoms with E-state index in [0.717, 1.165) is 0 Å². The molecule has 0 amide bonds. The SMILES string of the molecule is CCC1CCCCC1(N)c1ccc(C)s1. The number of hydrogen-bond donors (Lipinski definition) is 1. The topological polar surface area (TPSA) is 26.0 Å². The molecule has 1 saturated carbocycles. The molecule has 1 fully saturated rings. The Bertz CT molecular complexity index is 331. The molecule has 2 unspecified atom stereocenters. The summed E-state index contributed by atoms with van der Waals surface area (Å²) in [6.07, 6.45) is 6.36. The molecular formula is C13H21NS. The maximum absolute atomic E-state index is 6.66. The van der Waals surface area contributed by atoms with Gasteiger partial charge < -0.3 is 5.73 Å². The molecule has 0 aliphatic heterocycles. The van der Waals surface area contributed by atoms with Crippen molar-refractivity contribution in [3.8, 4) is 0 Å². The van der Waals surface area contributed by atoms with Crippen molar-refractivity contribution in [3.05, 3.63) is 21.9 Å². The molecule has 0 saturated heterocycles. The number of aryl methyl sites for hydroxylation is 1. The summed E-state index contributed by atoms with van der Waals surface area (Å²) in [6.45, 7) is 4.44. The predicted octanol–water partition coefficient (Wildman–Crippen LogP) is 3.81. The molecule has 0 spiro atoms. The van der Waals surface area contributed by atoms with Crippen LogP contribution in [0.15, 0.2) is 12.1 Å². The van der Waals surface area contributed by atoms with Crippen molar-refractivity contribution in [2.24, 2.45) is 11.7 Å². The highest BCUT2D eigenvalue weighted by Gasteiger charge is 2.38. The molecule has 15 heavy (non-hydrogen) atoms. The molecule has 0 aromatic carbocycles. The predicted molar refractivity (Wildman–Crippen MR) is 67.2 cm³/mol. The van der Waals surface area contributed by atoms with Gasteiger partial charge in [-0.2, -0.15) is 0 Å². The van der Waals surface area contributed by atoms with Gasteiger partial charge in [-0.15, -0.1) is 11.3 Å². The maximum atomic E-state index is 6.66.